The lowest BCUT2D eigenvalue weighted by Gasteiger charge is -2.04. The lowest BCUT2D eigenvalue weighted by Crippen LogP contribution is -2.18. The van der Waals surface area contributed by atoms with Crippen LogP contribution in [0.2, 0.25) is 5.02 Å². The third-order valence-electron chi connectivity index (χ3n) is 3.86. The molecule has 2 aromatic carbocycles. The SMILES string of the molecule is Cc1cc(/C=N/NC(=O)c2cc(-c3ccc(Cl)cc3)n[nH]2)cc(C)c1O. The number of nitrogens with one attached hydrogen (secondary N) is 2. The highest BCUT2D eigenvalue weighted by Gasteiger charge is 2.10. The average molecular weight is 369 g/mol. The smallest absolute Gasteiger partial charge is 0.289 e. The molecular weight excluding hydrogens is 352 g/mol. The van der Waals surface area contributed by atoms with Gasteiger partial charge in [-0.2, -0.15) is 10.2 Å². The third kappa shape index (κ3) is 3.92. The van der Waals surface area contributed by atoms with Crippen LogP contribution in [0.15, 0.2) is 47.6 Å². The number of hydrogen-bond acceptors (Lipinski definition) is 4. The van der Waals surface area contributed by atoms with Crippen molar-refractivity contribution in [2.45, 2.75) is 13.8 Å². The molecule has 1 aromatic heterocycles. The van der Waals surface area contributed by atoms with Crippen LogP contribution in [0.1, 0.15) is 27.2 Å². The Labute approximate surface area is 155 Å². The first-order chi connectivity index (χ1) is 12.4. The topological polar surface area (TPSA) is 90.4 Å². The van der Waals surface area contributed by atoms with Gasteiger partial charge in [-0.15, -0.1) is 0 Å². The van der Waals surface area contributed by atoms with Gasteiger partial charge in [-0.05, 0) is 60.9 Å². The Morgan fingerprint density at radius 2 is 1.85 bits per heavy atom. The largest absolute Gasteiger partial charge is 0.507 e. The van der Waals surface area contributed by atoms with Gasteiger partial charge in [0.05, 0.1) is 11.9 Å². The molecule has 0 spiro atoms. The minimum atomic E-state index is -0.402. The van der Waals surface area contributed by atoms with Gasteiger partial charge in [0, 0.05) is 10.6 Å². The molecule has 132 valence electrons. The number of halogens is 1. The lowest BCUT2D eigenvalue weighted by atomic mass is 10.1. The number of rotatable bonds is 4. The zero-order chi connectivity index (χ0) is 18.7. The van der Waals surface area contributed by atoms with E-state index >= 15 is 0 Å². The van der Waals surface area contributed by atoms with Crippen molar-refractivity contribution >= 4 is 23.7 Å². The Bertz CT molecular complexity index is 954. The van der Waals surface area contributed by atoms with E-state index < -0.39 is 5.91 Å². The zero-order valence-corrected chi connectivity index (χ0v) is 15.0. The number of aromatic nitrogens is 2. The van der Waals surface area contributed by atoms with E-state index in [-0.39, 0.29) is 5.75 Å². The number of hydrogen-bond donors (Lipinski definition) is 3. The van der Waals surface area contributed by atoms with Crippen LogP contribution in [-0.2, 0) is 0 Å². The molecule has 0 aliphatic heterocycles. The maximum atomic E-state index is 12.2. The number of H-pyrrole nitrogens is 1. The van der Waals surface area contributed by atoms with Crippen LogP contribution in [0.5, 0.6) is 5.75 Å². The fraction of sp³-hybridized carbons (Fsp3) is 0.105. The molecule has 1 amide bonds. The van der Waals surface area contributed by atoms with Crippen LogP contribution in [0.4, 0.5) is 0 Å². The summed E-state index contributed by atoms with van der Waals surface area (Å²) in [4.78, 5) is 12.2. The Morgan fingerprint density at radius 1 is 1.19 bits per heavy atom. The van der Waals surface area contributed by atoms with E-state index in [9.17, 15) is 9.90 Å². The van der Waals surface area contributed by atoms with Crippen molar-refractivity contribution in [2.75, 3.05) is 0 Å². The molecule has 0 aliphatic rings. The number of aryl methyl sites for hydroxylation is 2. The summed E-state index contributed by atoms with van der Waals surface area (Å²) in [6, 6.07) is 12.4. The van der Waals surface area contributed by atoms with Crippen molar-refractivity contribution in [1.29, 1.82) is 0 Å². The molecule has 0 saturated heterocycles. The van der Waals surface area contributed by atoms with Gasteiger partial charge >= 0.3 is 0 Å². The summed E-state index contributed by atoms with van der Waals surface area (Å²) in [5.74, 6) is -0.139. The zero-order valence-electron chi connectivity index (χ0n) is 14.2. The molecule has 6 nitrogen and oxygen atoms in total. The summed E-state index contributed by atoms with van der Waals surface area (Å²) in [7, 11) is 0. The molecule has 0 aliphatic carbocycles. The number of nitrogens with zero attached hydrogens (tertiary/aromatic N) is 2. The van der Waals surface area contributed by atoms with E-state index in [1.807, 2.05) is 12.1 Å². The number of amides is 1. The summed E-state index contributed by atoms with van der Waals surface area (Å²) in [6.07, 6.45) is 1.52. The van der Waals surface area contributed by atoms with Crippen molar-refractivity contribution in [1.82, 2.24) is 15.6 Å². The molecule has 7 heteroatoms. The van der Waals surface area contributed by atoms with Crippen LogP contribution >= 0.6 is 11.6 Å². The van der Waals surface area contributed by atoms with Gasteiger partial charge in [0.1, 0.15) is 11.4 Å². The lowest BCUT2D eigenvalue weighted by molar-refractivity contribution is 0.0950. The van der Waals surface area contributed by atoms with Crippen LogP contribution < -0.4 is 5.43 Å². The molecule has 0 fully saturated rings. The van der Waals surface area contributed by atoms with E-state index in [0.29, 0.717) is 16.4 Å². The third-order valence-corrected chi connectivity index (χ3v) is 4.11. The van der Waals surface area contributed by atoms with Gasteiger partial charge in [0.2, 0.25) is 0 Å². The molecule has 26 heavy (non-hydrogen) atoms. The predicted octanol–water partition coefficient (Wildman–Crippen LogP) is 3.82. The van der Waals surface area contributed by atoms with Gasteiger partial charge in [-0.25, -0.2) is 5.43 Å². The maximum Gasteiger partial charge on any atom is 0.289 e. The van der Waals surface area contributed by atoms with E-state index in [1.165, 1.54) is 6.21 Å². The molecule has 1 heterocycles. The highest BCUT2D eigenvalue weighted by Crippen LogP contribution is 2.22. The van der Waals surface area contributed by atoms with Crippen molar-refractivity contribution in [2.24, 2.45) is 5.10 Å². The fourth-order valence-electron chi connectivity index (χ4n) is 2.50. The Balaban J connectivity index is 1.68. The number of aromatic amines is 1. The molecule has 3 rings (SSSR count). The van der Waals surface area contributed by atoms with E-state index in [2.05, 4.69) is 20.7 Å². The molecule has 0 unspecified atom stereocenters. The highest BCUT2D eigenvalue weighted by molar-refractivity contribution is 6.30. The number of hydrazone groups is 1. The molecule has 3 N–H and O–H groups in total. The normalized spacial score (nSPS) is 11.0. The fourth-order valence-corrected chi connectivity index (χ4v) is 2.62. The van der Waals surface area contributed by atoms with Crippen molar-refractivity contribution in [3.63, 3.8) is 0 Å². The van der Waals surface area contributed by atoms with E-state index in [1.54, 1.807) is 44.2 Å². The van der Waals surface area contributed by atoms with Crippen LogP contribution in [0.3, 0.4) is 0 Å². The summed E-state index contributed by atoms with van der Waals surface area (Å²) >= 11 is 5.87. The van der Waals surface area contributed by atoms with Crippen molar-refractivity contribution in [3.8, 4) is 17.0 Å². The number of carbonyl (C=O) groups is 1. The minimum absolute atomic E-state index is 0.262. The average Bonchev–Trinajstić information content (AvgIpc) is 3.10. The predicted molar refractivity (Wildman–Crippen MR) is 102 cm³/mol. The standard InChI is InChI=1S/C19H17ClN4O2/c1-11-7-13(8-12(2)18(11)25)10-21-24-19(26)17-9-16(22-23-17)14-3-5-15(20)6-4-14/h3-10,25H,1-2H3,(H,22,23)(H,24,26)/b21-10+. The summed E-state index contributed by atoms with van der Waals surface area (Å²) in [5.41, 5.74) is 6.52. The molecule has 0 atom stereocenters. The summed E-state index contributed by atoms with van der Waals surface area (Å²) in [6.45, 7) is 3.61. The second kappa shape index (κ2) is 7.41. The Kier molecular flexibility index (Phi) is 5.04. The van der Waals surface area contributed by atoms with Gasteiger partial charge in [-0.3, -0.25) is 9.89 Å². The molecular formula is C19H17ClN4O2. The number of phenols is 1. The number of phenolic OH excluding ortho intramolecular Hbond substituents is 1. The van der Waals surface area contributed by atoms with Crippen molar-refractivity contribution < 1.29 is 9.90 Å². The van der Waals surface area contributed by atoms with E-state index in [4.69, 9.17) is 11.6 Å². The molecule has 0 saturated carbocycles. The van der Waals surface area contributed by atoms with Crippen LogP contribution in [0, 0.1) is 13.8 Å². The highest BCUT2D eigenvalue weighted by atomic mass is 35.5. The second-order valence-corrected chi connectivity index (χ2v) is 6.31. The first kappa shape index (κ1) is 17.7. The first-order valence-corrected chi connectivity index (χ1v) is 8.27. The van der Waals surface area contributed by atoms with Gasteiger partial charge < -0.3 is 5.11 Å². The van der Waals surface area contributed by atoms with Gasteiger partial charge in [0.15, 0.2) is 0 Å². The van der Waals surface area contributed by atoms with Crippen LogP contribution in [0.25, 0.3) is 11.3 Å². The van der Waals surface area contributed by atoms with Crippen LogP contribution in [-0.4, -0.2) is 27.4 Å². The van der Waals surface area contributed by atoms with Gasteiger partial charge in [0.25, 0.3) is 5.91 Å². The maximum absolute atomic E-state index is 12.2. The first-order valence-electron chi connectivity index (χ1n) is 7.89. The number of carbonyl (C=O) groups excluding carboxylic acids is 1. The molecule has 0 bridgehead atoms. The molecule has 3 aromatic rings. The summed E-state index contributed by atoms with van der Waals surface area (Å²) < 4.78 is 0. The quantitative estimate of drug-likeness (QED) is 0.483. The minimum Gasteiger partial charge on any atom is -0.507 e. The molecule has 0 radical (unpaired) electrons. The van der Waals surface area contributed by atoms with Crippen molar-refractivity contribution in [3.05, 3.63) is 69.9 Å². The van der Waals surface area contributed by atoms with E-state index in [0.717, 1.165) is 22.3 Å². The monoisotopic (exact) mass is 368 g/mol. The Hall–Kier alpha value is -3.12. The Morgan fingerprint density at radius 3 is 2.50 bits per heavy atom. The second-order valence-electron chi connectivity index (χ2n) is 5.88. The van der Waals surface area contributed by atoms with Gasteiger partial charge in [-0.1, -0.05) is 23.7 Å². The number of aromatic hydroxyl groups is 1. The summed E-state index contributed by atoms with van der Waals surface area (Å²) in [5, 5.41) is 21.2. The number of benzene rings is 2.